The first-order valence-electron chi connectivity index (χ1n) is 8.73. The van der Waals surface area contributed by atoms with Gasteiger partial charge in [0.15, 0.2) is 0 Å². The van der Waals surface area contributed by atoms with E-state index in [4.69, 9.17) is 4.74 Å². The van der Waals surface area contributed by atoms with Gasteiger partial charge in [0.1, 0.15) is 5.60 Å². The fourth-order valence-corrected chi connectivity index (χ4v) is 3.55. The zero-order valence-corrected chi connectivity index (χ0v) is 14.8. The Morgan fingerprint density at radius 3 is 2.64 bits per heavy atom. The summed E-state index contributed by atoms with van der Waals surface area (Å²) in [6.45, 7) is 13.2. The third-order valence-corrected chi connectivity index (χ3v) is 4.70. The quantitative estimate of drug-likeness (QED) is 0.818. The third kappa shape index (κ3) is 4.85. The minimum absolute atomic E-state index is 0.290. The number of ether oxygens (including phenoxy) is 1. The Kier molecular flexibility index (Phi) is 5.72. The average Bonchev–Trinajstić information content (AvgIpc) is 2.95. The van der Waals surface area contributed by atoms with Crippen LogP contribution in [0.2, 0.25) is 0 Å². The van der Waals surface area contributed by atoms with Crippen LogP contribution in [-0.4, -0.2) is 54.4 Å². The molecule has 5 heteroatoms. The topological polar surface area (TPSA) is 53.6 Å². The number of rotatable bonds is 5. The fourth-order valence-electron chi connectivity index (χ4n) is 3.55. The maximum absolute atomic E-state index is 11.8. The summed E-state index contributed by atoms with van der Waals surface area (Å²) in [6, 6.07) is 1.55. The fraction of sp³-hybridized carbons (Fsp3) is 0.941. The second-order valence-electron chi connectivity index (χ2n) is 8.04. The van der Waals surface area contributed by atoms with Crippen molar-refractivity contribution in [3.63, 3.8) is 0 Å². The maximum Gasteiger partial charge on any atom is 0.407 e. The van der Waals surface area contributed by atoms with Gasteiger partial charge in [-0.05, 0) is 52.5 Å². The van der Waals surface area contributed by atoms with Crippen LogP contribution in [-0.2, 0) is 4.74 Å². The largest absolute Gasteiger partial charge is 0.444 e. The van der Waals surface area contributed by atoms with E-state index in [9.17, 15) is 4.79 Å². The zero-order valence-electron chi connectivity index (χ0n) is 14.8. The summed E-state index contributed by atoms with van der Waals surface area (Å²) < 4.78 is 5.32. The van der Waals surface area contributed by atoms with Crippen molar-refractivity contribution >= 4 is 6.09 Å². The zero-order chi connectivity index (χ0) is 16.3. The van der Waals surface area contributed by atoms with Gasteiger partial charge >= 0.3 is 6.09 Å². The summed E-state index contributed by atoms with van der Waals surface area (Å²) in [5.41, 5.74) is -0.444. The molecular formula is C17H33N3O2. The molecule has 3 unspecified atom stereocenters. The van der Waals surface area contributed by atoms with Crippen molar-refractivity contribution in [3.8, 4) is 0 Å². The van der Waals surface area contributed by atoms with Crippen LogP contribution >= 0.6 is 0 Å². The summed E-state index contributed by atoms with van der Waals surface area (Å²) in [4.78, 5) is 14.4. The van der Waals surface area contributed by atoms with Crippen molar-refractivity contribution in [2.75, 3.05) is 19.6 Å². The predicted octanol–water partition coefficient (Wildman–Crippen LogP) is 2.36. The van der Waals surface area contributed by atoms with Gasteiger partial charge in [-0.2, -0.15) is 0 Å². The molecule has 0 bridgehead atoms. The molecule has 2 fully saturated rings. The molecule has 0 spiro atoms. The number of hydrogen-bond acceptors (Lipinski definition) is 4. The van der Waals surface area contributed by atoms with E-state index in [0.29, 0.717) is 24.5 Å². The molecule has 2 heterocycles. The number of carbonyl (C=O) groups is 1. The van der Waals surface area contributed by atoms with Gasteiger partial charge < -0.3 is 15.4 Å². The predicted molar refractivity (Wildman–Crippen MR) is 89.0 cm³/mol. The van der Waals surface area contributed by atoms with Crippen molar-refractivity contribution in [1.29, 1.82) is 0 Å². The number of alkyl carbamates (subject to hydrolysis) is 1. The monoisotopic (exact) mass is 311 g/mol. The van der Waals surface area contributed by atoms with Gasteiger partial charge in [-0.25, -0.2) is 4.79 Å². The molecule has 128 valence electrons. The lowest BCUT2D eigenvalue weighted by Crippen LogP contribution is -2.51. The maximum atomic E-state index is 11.8. The van der Waals surface area contributed by atoms with Crippen molar-refractivity contribution in [2.45, 2.75) is 77.6 Å². The lowest BCUT2D eigenvalue weighted by Gasteiger charge is -2.30. The molecule has 2 aliphatic rings. The third-order valence-electron chi connectivity index (χ3n) is 4.70. The van der Waals surface area contributed by atoms with E-state index in [0.717, 1.165) is 0 Å². The van der Waals surface area contributed by atoms with E-state index >= 15 is 0 Å². The summed E-state index contributed by atoms with van der Waals surface area (Å²) >= 11 is 0. The van der Waals surface area contributed by atoms with Gasteiger partial charge in [-0.15, -0.1) is 0 Å². The van der Waals surface area contributed by atoms with E-state index in [1.165, 1.54) is 32.4 Å². The van der Waals surface area contributed by atoms with Crippen molar-refractivity contribution in [2.24, 2.45) is 5.92 Å². The number of nitrogens with one attached hydrogen (secondary N) is 2. The molecule has 0 aromatic carbocycles. The molecule has 2 N–H and O–H groups in total. The van der Waals surface area contributed by atoms with Crippen LogP contribution in [0.1, 0.15) is 53.9 Å². The second-order valence-corrected chi connectivity index (χ2v) is 8.04. The van der Waals surface area contributed by atoms with Crippen LogP contribution < -0.4 is 10.6 Å². The Morgan fingerprint density at radius 1 is 1.27 bits per heavy atom. The van der Waals surface area contributed by atoms with Gasteiger partial charge in [-0.1, -0.05) is 13.8 Å². The SMILES string of the molecule is CC(C)C(CNC(=O)OC(C)(C)C)NC1CCN2CCCC12. The first kappa shape index (κ1) is 17.5. The number of nitrogens with zero attached hydrogens (tertiary/aromatic N) is 1. The lowest BCUT2D eigenvalue weighted by molar-refractivity contribution is 0.0518. The Morgan fingerprint density at radius 2 is 2.00 bits per heavy atom. The van der Waals surface area contributed by atoms with Crippen LogP contribution in [0.3, 0.4) is 0 Å². The normalized spacial score (nSPS) is 27.0. The Balaban J connectivity index is 1.81. The molecular weight excluding hydrogens is 278 g/mol. The first-order chi connectivity index (χ1) is 10.3. The van der Waals surface area contributed by atoms with Gasteiger partial charge in [-0.3, -0.25) is 4.90 Å². The molecule has 3 atom stereocenters. The molecule has 0 saturated carbocycles. The van der Waals surface area contributed by atoms with Gasteiger partial charge in [0.05, 0.1) is 0 Å². The molecule has 5 nitrogen and oxygen atoms in total. The minimum Gasteiger partial charge on any atom is -0.444 e. The minimum atomic E-state index is -0.444. The van der Waals surface area contributed by atoms with Crippen LogP contribution in [0.25, 0.3) is 0 Å². The second kappa shape index (κ2) is 7.18. The van der Waals surface area contributed by atoms with Crippen molar-refractivity contribution < 1.29 is 9.53 Å². The van der Waals surface area contributed by atoms with Crippen LogP contribution in [0.4, 0.5) is 4.79 Å². The van der Waals surface area contributed by atoms with Crippen LogP contribution in [0.5, 0.6) is 0 Å². The van der Waals surface area contributed by atoms with Crippen LogP contribution in [0, 0.1) is 5.92 Å². The highest BCUT2D eigenvalue weighted by atomic mass is 16.6. The molecule has 0 aliphatic carbocycles. The average molecular weight is 311 g/mol. The summed E-state index contributed by atoms with van der Waals surface area (Å²) in [7, 11) is 0. The van der Waals surface area contributed by atoms with Gasteiger partial charge in [0.25, 0.3) is 0 Å². The van der Waals surface area contributed by atoms with Crippen molar-refractivity contribution in [1.82, 2.24) is 15.5 Å². The standard InChI is InChI=1S/C17H33N3O2/c1-12(2)14(11-18-16(21)22-17(3,4)5)19-13-8-10-20-9-6-7-15(13)20/h12-15,19H,6-11H2,1-5H3,(H,18,21). The molecule has 1 amide bonds. The molecule has 0 aromatic rings. The van der Waals surface area contributed by atoms with E-state index in [1.54, 1.807) is 0 Å². The molecule has 0 radical (unpaired) electrons. The summed E-state index contributed by atoms with van der Waals surface area (Å²) in [5, 5.41) is 6.71. The first-order valence-corrected chi connectivity index (χ1v) is 8.73. The van der Waals surface area contributed by atoms with E-state index in [2.05, 4.69) is 29.4 Å². The van der Waals surface area contributed by atoms with Crippen LogP contribution in [0.15, 0.2) is 0 Å². The summed E-state index contributed by atoms with van der Waals surface area (Å²) in [5.74, 6) is 0.477. The van der Waals surface area contributed by atoms with Gasteiger partial charge in [0, 0.05) is 31.2 Å². The van der Waals surface area contributed by atoms with E-state index in [1.807, 2.05) is 20.8 Å². The van der Waals surface area contributed by atoms with E-state index in [-0.39, 0.29) is 12.1 Å². The molecule has 2 saturated heterocycles. The summed E-state index contributed by atoms with van der Waals surface area (Å²) in [6.07, 6.45) is 3.53. The molecule has 2 rings (SSSR count). The highest BCUT2D eigenvalue weighted by molar-refractivity contribution is 5.67. The number of carbonyl (C=O) groups excluding carboxylic acids is 1. The highest BCUT2D eigenvalue weighted by Gasteiger charge is 2.38. The van der Waals surface area contributed by atoms with Crippen molar-refractivity contribution in [3.05, 3.63) is 0 Å². The van der Waals surface area contributed by atoms with Gasteiger partial charge in [0.2, 0.25) is 0 Å². The number of amides is 1. The lowest BCUT2D eigenvalue weighted by atomic mass is 10.00. The Bertz CT molecular complexity index is 379. The molecule has 2 aliphatic heterocycles. The molecule has 22 heavy (non-hydrogen) atoms. The highest BCUT2D eigenvalue weighted by Crippen LogP contribution is 2.28. The van der Waals surface area contributed by atoms with E-state index < -0.39 is 5.60 Å². The molecule has 0 aromatic heterocycles. The number of hydrogen-bond donors (Lipinski definition) is 2. The smallest absolute Gasteiger partial charge is 0.407 e. The number of fused-ring (bicyclic) bond motifs is 1. The Hall–Kier alpha value is -0.810. The Labute approximate surface area is 135 Å².